The topological polar surface area (TPSA) is 110 Å². The molecule has 494 valence electrons. The summed E-state index contributed by atoms with van der Waals surface area (Å²) in [6, 6.07) is 1.25. The highest BCUT2D eigenvalue weighted by molar-refractivity contribution is 5.50. The van der Waals surface area contributed by atoms with E-state index in [1.165, 1.54) is 0 Å². The van der Waals surface area contributed by atoms with Crippen molar-refractivity contribution in [2.75, 3.05) is 111 Å². The molecule has 16 nitrogen and oxygen atoms in total. The molecule has 2 aromatic heterocycles. The highest BCUT2D eigenvalue weighted by atomic mass is 15.4. The molecule has 0 N–H and O–H groups in total. The first-order chi connectivity index (χ1) is 39.9. The third-order valence-electron chi connectivity index (χ3n) is 22.6. The Morgan fingerprint density at radius 2 is 0.453 bits per heavy atom. The molecule has 6 rings (SSSR count). The van der Waals surface area contributed by atoms with E-state index in [2.05, 4.69) is 230 Å². The van der Waals surface area contributed by atoms with Crippen molar-refractivity contribution in [1.29, 1.82) is 0 Å². The third kappa shape index (κ3) is 17.0. The van der Waals surface area contributed by atoms with Gasteiger partial charge in [0.15, 0.2) is 0 Å². The van der Waals surface area contributed by atoms with Gasteiger partial charge >= 0.3 is 0 Å². The summed E-state index contributed by atoms with van der Waals surface area (Å²) in [5.74, 6) is 5.01. The molecule has 0 unspecified atom stereocenters. The summed E-state index contributed by atoms with van der Waals surface area (Å²) in [5, 5.41) is 0. The van der Waals surface area contributed by atoms with Gasteiger partial charge in [-0.2, -0.15) is 29.9 Å². The van der Waals surface area contributed by atoms with Crippen molar-refractivity contribution in [2.45, 2.75) is 335 Å². The lowest BCUT2D eigenvalue weighted by molar-refractivity contribution is -0.0135. The highest BCUT2D eigenvalue weighted by Crippen LogP contribution is 2.45. The molecule has 4 aliphatic heterocycles. The molecule has 4 fully saturated rings. The molecule has 0 aromatic carbocycles. The fourth-order valence-corrected chi connectivity index (χ4v) is 16.0. The van der Waals surface area contributed by atoms with E-state index in [0.717, 1.165) is 203 Å². The lowest BCUT2D eigenvalue weighted by Gasteiger charge is -2.56. The van der Waals surface area contributed by atoms with Crippen LogP contribution in [0.1, 0.15) is 267 Å². The Morgan fingerprint density at radius 1 is 0.279 bits per heavy atom. The minimum absolute atomic E-state index is 0.0326. The van der Waals surface area contributed by atoms with Crippen LogP contribution < -0.4 is 29.4 Å². The summed E-state index contributed by atoms with van der Waals surface area (Å²) in [4.78, 5) is 58.9. The van der Waals surface area contributed by atoms with Crippen LogP contribution in [0, 0.1) is 0 Å². The van der Waals surface area contributed by atoms with Gasteiger partial charge in [-0.05, 0) is 229 Å². The first-order valence-corrected chi connectivity index (χ1v) is 34.9. The van der Waals surface area contributed by atoms with Crippen LogP contribution in [0.4, 0.5) is 35.7 Å². The van der Waals surface area contributed by atoms with Crippen LogP contribution >= 0.6 is 0 Å². The van der Waals surface area contributed by atoms with E-state index in [1.54, 1.807) is 0 Å². The second-order valence-corrected chi connectivity index (χ2v) is 32.9. The van der Waals surface area contributed by atoms with Crippen LogP contribution in [0.25, 0.3) is 0 Å². The molecule has 2 aromatic rings. The fourth-order valence-electron chi connectivity index (χ4n) is 16.0. The average Bonchev–Trinajstić information content (AvgIpc) is 1.24. The Morgan fingerprint density at radius 3 is 0.628 bits per heavy atom. The van der Waals surface area contributed by atoms with Gasteiger partial charge in [-0.1, -0.05) is 66.2 Å². The highest BCUT2D eigenvalue weighted by Gasteiger charge is 2.50. The minimum Gasteiger partial charge on any atom is -0.344 e. The standard InChI is InChI=1S/C70H134N16/c1-27-31-41-83(53-45-63(5,6)79(23)64(7,8)46-53)59-71-57(72-60(75-59)84(42-32-28-2)54-47-65(9,10)80(24)66(11,12)48-54)77(21)39-37-35-36-38-40-78(22)58-73-61(85(43-33-29-3)55-49-67(13,14)81(25)68(15,16)50-55)76-62(74-58)86(44-34-30-4)56-51-69(17,18)82(26)70(19,20)52-56/h53-56H,27-52H2,1-26H3. The Balaban J connectivity index is 1.29. The number of piperidine rings is 4. The molecule has 86 heavy (non-hydrogen) atoms. The summed E-state index contributed by atoms with van der Waals surface area (Å²) in [7, 11) is 13.7. The molecule has 0 amide bonds. The molecule has 0 radical (unpaired) electrons. The maximum atomic E-state index is 5.64. The van der Waals surface area contributed by atoms with Crippen molar-refractivity contribution >= 4 is 35.7 Å². The van der Waals surface area contributed by atoms with Crippen LogP contribution in [-0.2, 0) is 0 Å². The van der Waals surface area contributed by atoms with E-state index in [-0.39, 0.29) is 44.3 Å². The molecule has 6 heterocycles. The fraction of sp³-hybridized carbons (Fsp3) is 0.914. The van der Waals surface area contributed by atoms with Gasteiger partial charge in [0.2, 0.25) is 35.7 Å². The summed E-state index contributed by atoms with van der Waals surface area (Å²) in [6.45, 7) is 53.5. The van der Waals surface area contributed by atoms with E-state index in [1.807, 2.05) is 0 Å². The quantitative estimate of drug-likeness (QED) is 0.0720. The zero-order chi connectivity index (χ0) is 64.2. The van der Waals surface area contributed by atoms with E-state index < -0.39 is 0 Å². The van der Waals surface area contributed by atoms with E-state index in [4.69, 9.17) is 29.9 Å². The summed E-state index contributed by atoms with van der Waals surface area (Å²) in [5.41, 5.74) is 0.261. The van der Waals surface area contributed by atoms with Crippen LogP contribution in [0.5, 0.6) is 0 Å². The van der Waals surface area contributed by atoms with Crippen molar-refractivity contribution < 1.29 is 0 Å². The number of aromatic nitrogens is 6. The number of nitrogens with zero attached hydrogens (tertiary/aromatic N) is 16. The molecular weight excluding hydrogens is 1060 g/mol. The van der Waals surface area contributed by atoms with Crippen LogP contribution in [0.15, 0.2) is 0 Å². The zero-order valence-electron chi connectivity index (χ0n) is 60.8. The van der Waals surface area contributed by atoms with Gasteiger partial charge in [-0.15, -0.1) is 0 Å². The van der Waals surface area contributed by atoms with Crippen molar-refractivity contribution in [3.05, 3.63) is 0 Å². The molecule has 0 spiro atoms. The van der Waals surface area contributed by atoms with Gasteiger partial charge in [-0.25, -0.2) is 0 Å². The predicted molar refractivity (Wildman–Crippen MR) is 369 cm³/mol. The van der Waals surface area contributed by atoms with Gasteiger partial charge in [0.1, 0.15) is 0 Å². The smallest absolute Gasteiger partial charge is 0.232 e. The number of rotatable bonds is 29. The van der Waals surface area contributed by atoms with Crippen LogP contribution in [0.2, 0.25) is 0 Å². The lowest BCUT2D eigenvalue weighted by atomic mass is 9.77. The lowest BCUT2D eigenvalue weighted by Crippen LogP contribution is -2.63. The van der Waals surface area contributed by atoms with E-state index >= 15 is 0 Å². The first kappa shape index (κ1) is 71.7. The normalized spacial score (nSPS) is 22.7. The number of unbranched alkanes of at least 4 members (excludes halogenated alkanes) is 7. The first-order valence-electron chi connectivity index (χ1n) is 34.9. The van der Waals surface area contributed by atoms with Crippen LogP contribution in [-0.4, -0.2) is 200 Å². The molecule has 4 aliphatic rings. The molecule has 0 aliphatic carbocycles. The largest absolute Gasteiger partial charge is 0.344 e. The van der Waals surface area contributed by atoms with Gasteiger partial charge < -0.3 is 29.4 Å². The summed E-state index contributed by atoms with van der Waals surface area (Å²) in [6.07, 6.45) is 21.7. The Kier molecular flexibility index (Phi) is 23.7. The molecule has 16 heteroatoms. The monoisotopic (exact) mass is 1200 g/mol. The average molecular weight is 1200 g/mol. The van der Waals surface area contributed by atoms with Crippen LogP contribution in [0.3, 0.4) is 0 Å². The van der Waals surface area contributed by atoms with Gasteiger partial charge in [0, 0.05) is 122 Å². The third-order valence-corrected chi connectivity index (χ3v) is 22.6. The SMILES string of the molecule is CCCCN(c1nc(N(C)CCCCCCN(C)c2nc(N(CCCC)C3CC(C)(C)N(C)C(C)(C)C3)nc(N(CCCC)C3CC(C)(C)N(C)C(C)(C)C3)n2)nc(N(CCCC)C2CC(C)(C)N(C)C(C)(C)C2)n1)C1CC(C)(C)N(C)C(C)(C)C1. The van der Waals surface area contributed by atoms with E-state index in [0.29, 0.717) is 24.2 Å². The number of hydrogen-bond acceptors (Lipinski definition) is 16. The predicted octanol–water partition coefficient (Wildman–Crippen LogP) is 14.2. The molecule has 0 saturated carbocycles. The molecule has 0 atom stereocenters. The van der Waals surface area contributed by atoms with Crippen molar-refractivity contribution in [2.24, 2.45) is 0 Å². The Hall–Kier alpha value is -3.34. The van der Waals surface area contributed by atoms with Gasteiger partial charge in [-0.3, -0.25) is 19.6 Å². The van der Waals surface area contributed by atoms with E-state index in [9.17, 15) is 0 Å². The maximum absolute atomic E-state index is 5.64. The maximum Gasteiger partial charge on any atom is 0.232 e. The van der Waals surface area contributed by atoms with Crippen molar-refractivity contribution in [3.63, 3.8) is 0 Å². The summed E-state index contributed by atoms with van der Waals surface area (Å²) < 4.78 is 0. The van der Waals surface area contributed by atoms with Gasteiger partial charge in [0.05, 0.1) is 0 Å². The number of likely N-dealkylation sites (tertiary alicyclic amines) is 4. The second kappa shape index (κ2) is 28.4. The zero-order valence-corrected chi connectivity index (χ0v) is 60.8. The minimum atomic E-state index is 0.0326. The molecule has 0 bridgehead atoms. The van der Waals surface area contributed by atoms with Gasteiger partial charge in [0.25, 0.3) is 0 Å². The number of hydrogen-bond donors (Lipinski definition) is 0. The summed E-state index contributed by atoms with van der Waals surface area (Å²) >= 11 is 0. The molecule has 4 saturated heterocycles. The number of anilines is 6. The Labute approximate surface area is 529 Å². The van der Waals surface area contributed by atoms with Crippen molar-refractivity contribution in [3.8, 4) is 0 Å². The molecular formula is C70H134N16. The van der Waals surface area contributed by atoms with Crippen molar-refractivity contribution in [1.82, 2.24) is 49.5 Å². The Bertz CT molecular complexity index is 2050. The second-order valence-electron chi connectivity index (χ2n) is 32.9.